The molecular weight excluding hydrogens is 398 g/mol. The molecule has 0 unspecified atom stereocenters. The third-order valence-electron chi connectivity index (χ3n) is 5.91. The molecule has 1 aliphatic rings. The number of aryl methyl sites for hydroxylation is 2. The van der Waals surface area contributed by atoms with Crippen molar-refractivity contribution in [3.63, 3.8) is 0 Å². The van der Waals surface area contributed by atoms with Crippen molar-refractivity contribution in [2.75, 3.05) is 45.7 Å². The highest BCUT2D eigenvalue weighted by Crippen LogP contribution is 2.29. The van der Waals surface area contributed by atoms with Crippen molar-refractivity contribution >= 4 is 15.7 Å². The van der Waals surface area contributed by atoms with Gasteiger partial charge in [-0.2, -0.15) is 0 Å². The van der Waals surface area contributed by atoms with Gasteiger partial charge in [-0.15, -0.1) is 0 Å². The summed E-state index contributed by atoms with van der Waals surface area (Å²) in [6.07, 6.45) is 2.29. The zero-order chi connectivity index (χ0) is 21.9. The largest absolute Gasteiger partial charge is 0.495 e. The van der Waals surface area contributed by atoms with Crippen molar-refractivity contribution in [2.24, 2.45) is 0 Å². The molecule has 30 heavy (non-hydrogen) atoms. The van der Waals surface area contributed by atoms with Gasteiger partial charge in [-0.1, -0.05) is 12.1 Å². The number of likely N-dealkylation sites (tertiary alicyclic amines) is 1. The molecule has 7 heteroatoms. The van der Waals surface area contributed by atoms with Crippen LogP contribution in [0, 0.1) is 13.8 Å². The molecule has 0 spiro atoms. The van der Waals surface area contributed by atoms with Gasteiger partial charge in [-0.3, -0.25) is 4.90 Å². The van der Waals surface area contributed by atoms with E-state index in [1.54, 1.807) is 12.1 Å². The SMILES string of the molecule is COc1cc(C)c(C)cc1S(=O)(=O)NC[C@@H](c1ccc(N(C)C)cc1)N1CCCC1. The molecule has 0 amide bonds. The molecule has 0 aliphatic carbocycles. The first-order valence-corrected chi connectivity index (χ1v) is 11.9. The Hall–Kier alpha value is -2.09. The van der Waals surface area contributed by atoms with Gasteiger partial charge in [0.2, 0.25) is 10.0 Å². The maximum absolute atomic E-state index is 13.2. The van der Waals surface area contributed by atoms with Crippen LogP contribution in [0.1, 0.15) is 35.6 Å². The van der Waals surface area contributed by atoms with E-state index in [4.69, 9.17) is 4.74 Å². The van der Waals surface area contributed by atoms with Gasteiger partial charge in [0.05, 0.1) is 7.11 Å². The van der Waals surface area contributed by atoms with Crippen molar-refractivity contribution in [1.82, 2.24) is 9.62 Å². The number of nitrogens with zero attached hydrogens (tertiary/aromatic N) is 2. The van der Waals surface area contributed by atoms with Gasteiger partial charge < -0.3 is 9.64 Å². The van der Waals surface area contributed by atoms with Crippen molar-refractivity contribution in [2.45, 2.75) is 37.6 Å². The van der Waals surface area contributed by atoms with Gasteiger partial charge in [-0.05, 0) is 80.7 Å². The van der Waals surface area contributed by atoms with E-state index in [2.05, 4.69) is 38.8 Å². The van der Waals surface area contributed by atoms with Crippen molar-refractivity contribution < 1.29 is 13.2 Å². The summed E-state index contributed by atoms with van der Waals surface area (Å²) >= 11 is 0. The summed E-state index contributed by atoms with van der Waals surface area (Å²) in [6, 6.07) is 11.8. The highest BCUT2D eigenvalue weighted by molar-refractivity contribution is 7.89. The maximum Gasteiger partial charge on any atom is 0.244 e. The van der Waals surface area contributed by atoms with E-state index in [9.17, 15) is 8.42 Å². The molecule has 2 aromatic carbocycles. The van der Waals surface area contributed by atoms with E-state index in [0.717, 1.165) is 48.3 Å². The average molecular weight is 432 g/mol. The highest BCUT2D eigenvalue weighted by Gasteiger charge is 2.27. The van der Waals surface area contributed by atoms with Crippen LogP contribution in [0.5, 0.6) is 5.75 Å². The Bertz CT molecular complexity index is 966. The third-order valence-corrected chi connectivity index (χ3v) is 7.36. The topological polar surface area (TPSA) is 61.9 Å². The Labute approximate surface area is 180 Å². The van der Waals surface area contributed by atoms with Crippen molar-refractivity contribution in [3.05, 3.63) is 53.1 Å². The van der Waals surface area contributed by atoms with Crippen LogP contribution in [0.25, 0.3) is 0 Å². The minimum atomic E-state index is -3.71. The Kier molecular flexibility index (Phi) is 7.06. The molecule has 164 valence electrons. The number of methoxy groups -OCH3 is 1. The van der Waals surface area contributed by atoms with Crippen LogP contribution in [0.4, 0.5) is 5.69 Å². The van der Waals surface area contributed by atoms with Crippen LogP contribution in [0.2, 0.25) is 0 Å². The summed E-state index contributed by atoms with van der Waals surface area (Å²) in [6.45, 7) is 6.14. The molecule has 1 atom stereocenters. The number of hydrogen-bond donors (Lipinski definition) is 1. The normalized spacial score (nSPS) is 15.9. The Morgan fingerprint density at radius 3 is 2.23 bits per heavy atom. The fourth-order valence-corrected chi connectivity index (χ4v) is 5.18. The minimum Gasteiger partial charge on any atom is -0.495 e. The highest BCUT2D eigenvalue weighted by atomic mass is 32.2. The lowest BCUT2D eigenvalue weighted by molar-refractivity contribution is 0.246. The minimum absolute atomic E-state index is 0.00368. The van der Waals surface area contributed by atoms with Crippen LogP contribution >= 0.6 is 0 Å². The van der Waals surface area contributed by atoms with E-state index < -0.39 is 10.0 Å². The van der Waals surface area contributed by atoms with E-state index in [-0.39, 0.29) is 10.9 Å². The van der Waals surface area contributed by atoms with Crippen molar-refractivity contribution in [3.8, 4) is 5.75 Å². The molecule has 0 aromatic heterocycles. The quantitative estimate of drug-likeness (QED) is 0.693. The summed E-state index contributed by atoms with van der Waals surface area (Å²) in [4.78, 5) is 4.62. The predicted molar refractivity (Wildman–Crippen MR) is 122 cm³/mol. The zero-order valence-corrected chi connectivity index (χ0v) is 19.4. The van der Waals surface area contributed by atoms with Gasteiger partial charge in [0.1, 0.15) is 10.6 Å². The molecule has 0 radical (unpaired) electrons. The number of benzene rings is 2. The monoisotopic (exact) mass is 431 g/mol. The van der Waals surface area contributed by atoms with Crippen molar-refractivity contribution in [1.29, 1.82) is 0 Å². The predicted octanol–water partition coefficient (Wildman–Crippen LogP) is 3.49. The van der Waals surface area contributed by atoms with E-state index >= 15 is 0 Å². The number of hydrogen-bond acceptors (Lipinski definition) is 5. The van der Waals surface area contributed by atoms with Gasteiger partial charge in [0.25, 0.3) is 0 Å². The molecule has 2 aromatic rings. The standard InChI is InChI=1S/C23H33N3O3S/c1-17-14-22(29-5)23(15-18(17)2)30(27,28)24-16-21(26-12-6-7-13-26)19-8-10-20(11-9-19)25(3)4/h8-11,14-15,21,24H,6-7,12-13,16H2,1-5H3/t21-/m0/s1. The van der Waals surface area contributed by atoms with Crippen LogP contribution in [0.15, 0.2) is 41.3 Å². The first kappa shape index (κ1) is 22.6. The van der Waals surface area contributed by atoms with Gasteiger partial charge in [0.15, 0.2) is 0 Å². The second-order valence-electron chi connectivity index (χ2n) is 8.18. The number of nitrogens with one attached hydrogen (secondary N) is 1. The van der Waals surface area contributed by atoms with E-state index in [1.165, 1.54) is 7.11 Å². The molecular formula is C23H33N3O3S. The molecule has 0 saturated carbocycles. The second-order valence-corrected chi connectivity index (χ2v) is 9.92. The average Bonchev–Trinajstić information content (AvgIpc) is 3.24. The summed E-state index contributed by atoms with van der Waals surface area (Å²) < 4.78 is 34.5. The molecule has 1 aliphatic heterocycles. The van der Waals surface area contributed by atoms with Crippen LogP contribution < -0.4 is 14.4 Å². The number of anilines is 1. The molecule has 1 fully saturated rings. The number of rotatable bonds is 8. The fourth-order valence-electron chi connectivity index (χ4n) is 3.90. The van der Waals surface area contributed by atoms with Crippen LogP contribution in [-0.2, 0) is 10.0 Å². The summed E-state index contributed by atoms with van der Waals surface area (Å²) in [5.74, 6) is 0.374. The van der Waals surface area contributed by atoms with Gasteiger partial charge >= 0.3 is 0 Å². The lowest BCUT2D eigenvalue weighted by atomic mass is 10.1. The zero-order valence-electron chi connectivity index (χ0n) is 18.6. The molecule has 1 heterocycles. The Morgan fingerprint density at radius 2 is 1.67 bits per heavy atom. The maximum atomic E-state index is 13.2. The fraction of sp³-hybridized carbons (Fsp3) is 0.478. The Morgan fingerprint density at radius 1 is 1.07 bits per heavy atom. The molecule has 1 saturated heterocycles. The van der Waals surface area contributed by atoms with E-state index in [1.807, 2.05) is 27.9 Å². The summed E-state index contributed by atoms with van der Waals surface area (Å²) in [5.41, 5.74) is 4.17. The Balaban J connectivity index is 1.86. The second kappa shape index (κ2) is 9.37. The first-order valence-electron chi connectivity index (χ1n) is 10.4. The van der Waals surface area contributed by atoms with Gasteiger partial charge in [-0.25, -0.2) is 13.1 Å². The number of ether oxygens (including phenoxy) is 1. The molecule has 0 bridgehead atoms. The van der Waals surface area contributed by atoms with Crippen LogP contribution in [0.3, 0.4) is 0 Å². The van der Waals surface area contributed by atoms with E-state index in [0.29, 0.717) is 12.3 Å². The summed E-state index contributed by atoms with van der Waals surface area (Å²) in [7, 11) is 1.82. The third kappa shape index (κ3) is 4.96. The van der Waals surface area contributed by atoms with Gasteiger partial charge in [0, 0.05) is 32.4 Å². The van der Waals surface area contributed by atoms with Crippen LogP contribution in [-0.4, -0.2) is 54.2 Å². The lowest BCUT2D eigenvalue weighted by Gasteiger charge is -2.28. The molecule has 6 nitrogen and oxygen atoms in total. The number of sulfonamides is 1. The smallest absolute Gasteiger partial charge is 0.244 e. The molecule has 1 N–H and O–H groups in total. The molecule has 3 rings (SSSR count). The summed E-state index contributed by atoms with van der Waals surface area (Å²) in [5, 5.41) is 0. The lowest BCUT2D eigenvalue weighted by Crippen LogP contribution is -2.37. The first-order chi connectivity index (χ1) is 14.2.